The molecule has 4 rings (SSSR count). The lowest BCUT2D eigenvalue weighted by Crippen LogP contribution is -2.50. The number of carbonyl (C=O) groups excluding carboxylic acids is 2. The number of hydrogen-bond donors (Lipinski definition) is 0. The second kappa shape index (κ2) is 9.57. The molecule has 0 aliphatic carbocycles. The van der Waals surface area contributed by atoms with E-state index in [0.717, 1.165) is 50.1 Å². The van der Waals surface area contributed by atoms with E-state index in [1.165, 1.54) is 12.0 Å². The molecule has 4 nitrogen and oxygen atoms in total. The topological polar surface area (TPSA) is 40.6 Å². The van der Waals surface area contributed by atoms with Gasteiger partial charge < -0.3 is 9.80 Å². The molecule has 2 aromatic rings. The Balaban J connectivity index is 1.26. The zero-order valence-electron chi connectivity index (χ0n) is 17.0. The van der Waals surface area contributed by atoms with Crippen molar-refractivity contribution in [2.45, 2.75) is 51.0 Å². The number of hydrogen-bond acceptors (Lipinski definition) is 3. The summed E-state index contributed by atoms with van der Waals surface area (Å²) in [7, 11) is 0. The molecule has 2 saturated heterocycles. The molecule has 2 aliphatic heterocycles. The summed E-state index contributed by atoms with van der Waals surface area (Å²) in [4.78, 5) is 30.8. The summed E-state index contributed by atoms with van der Waals surface area (Å²) in [6, 6.07) is 14.4. The molecule has 1 aromatic heterocycles. The van der Waals surface area contributed by atoms with Crippen LogP contribution in [-0.4, -0.2) is 47.3 Å². The maximum absolute atomic E-state index is 13.1. The van der Waals surface area contributed by atoms with Gasteiger partial charge in [-0.05, 0) is 61.5 Å². The van der Waals surface area contributed by atoms with Gasteiger partial charge in [-0.3, -0.25) is 9.59 Å². The maximum Gasteiger partial charge on any atom is 0.245 e. The number of piperidine rings is 1. The van der Waals surface area contributed by atoms with Gasteiger partial charge in [0.05, 0.1) is 6.42 Å². The summed E-state index contributed by atoms with van der Waals surface area (Å²) in [5.41, 5.74) is 1.40. The highest BCUT2D eigenvalue weighted by Crippen LogP contribution is 2.26. The molecular weight excluding hydrogens is 380 g/mol. The Morgan fingerprint density at radius 2 is 1.76 bits per heavy atom. The summed E-state index contributed by atoms with van der Waals surface area (Å²) in [5, 5.41) is 2.00. The molecule has 0 bridgehead atoms. The summed E-state index contributed by atoms with van der Waals surface area (Å²) >= 11 is 1.61. The van der Waals surface area contributed by atoms with Crippen molar-refractivity contribution in [1.29, 1.82) is 0 Å². The van der Waals surface area contributed by atoms with Crippen molar-refractivity contribution in [2.75, 3.05) is 19.6 Å². The summed E-state index contributed by atoms with van der Waals surface area (Å²) < 4.78 is 0. The lowest BCUT2D eigenvalue weighted by Gasteiger charge is -2.35. The Hall–Kier alpha value is -2.14. The molecule has 1 unspecified atom stereocenters. The van der Waals surface area contributed by atoms with Crippen LogP contribution < -0.4 is 0 Å². The van der Waals surface area contributed by atoms with Gasteiger partial charge in [0.15, 0.2) is 0 Å². The van der Waals surface area contributed by atoms with Gasteiger partial charge in [0.25, 0.3) is 0 Å². The average molecular weight is 411 g/mol. The van der Waals surface area contributed by atoms with Crippen molar-refractivity contribution in [2.24, 2.45) is 5.92 Å². The van der Waals surface area contributed by atoms with Crippen LogP contribution in [0.2, 0.25) is 0 Å². The number of benzene rings is 1. The van der Waals surface area contributed by atoms with Gasteiger partial charge in [-0.15, -0.1) is 11.3 Å². The van der Waals surface area contributed by atoms with E-state index >= 15 is 0 Å². The number of nitrogens with zero attached hydrogens (tertiary/aromatic N) is 2. The first-order valence-corrected chi connectivity index (χ1v) is 11.7. The Bertz CT molecular complexity index is 798. The normalized spacial score (nSPS) is 20.2. The molecule has 1 aromatic carbocycles. The Kier molecular flexibility index (Phi) is 6.65. The summed E-state index contributed by atoms with van der Waals surface area (Å²) in [6.45, 7) is 2.39. The highest BCUT2D eigenvalue weighted by molar-refractivity contribution is 7.10. The van der Waals surface area contributed by atoms with Crippen LogP contribution in [0.3, 0.4) is 0 Å². The van der Waals surface area contributed by atoms with Gasteiger partial charge in [-0.25, -0.2) is 0 Å². The number of amides is 2. The lowest BCUT2D eigenvalue weighted by molar-refractivity contribution is -0.144. The van der Waals surface area contributed by atoms with Gasteiger partial charge in [0.1, 0.15) is 6.04 Å². The fourth-order valence-corrected chi connectivity index (χ4v) is 5.35. The first-order chi connectivity index (χ1) is 14.2. The monoisotopic (exact) mass is 410 g/mol. The van der Waals surface area contributed by atoms with Crippen LogP contribution in [0.1, 0.15) is 42.5 Å². The molecule has 1 atom stereocenters. The largest absolute Gasteiger partial charge is 0.341 e. The lowest BCUT2D eigenvalue weighted by atomic mass is 9.90. The first kappa shape index (κ1) is 20.1. The molecule has 5 heteroatoms. The molecule has 0 saturated carbocycles. The molecule has 154 valence electrons. The number of thiophene rings is 1. The number of likely N-dealkylation sites (tertiary alicyclic amines) is 2. The van der Waals surface area contributed by atoms with E-state index in [2.05, 4.69) is 30.3 Å². The van der Waals surface area contributed by atoms with Gasteiger partial charge in [0.2, 0.25) is 11.8 Å². The van der Waals surface area contributed by atoms with Crippen LogP contribution in [0.25, 0.3) is 0 Å². The Morgan fingerprint density at radius 3 is 2.48 bits per heavy atom. The van der Waals surface area contributed by atoms with E-state index in [1.807, 2.05) is 27.3 Å². The minimum atomic E-state index is -0.247. The van der Waals surface area contributed by atoms with Crippen LogP contribution in [0.4, 0.5) is 0 Å². The van der Waals surface area contributed by atoms with Crippen molar-refractivity contribution in [3.63, 3.8) is 0 Å². The first-order valence-electron chi connectivity index (χ1n) is 10.9. The second-order valence-corrected chi connectivity index (χ2v) is 9.33. The smallest absolute Gasteiger partial charge is 0.245 e. The van der Waals surface area contributed by atoms with Crippen LogP contribution in [0, 0.1) is 5.92 Å². The van der Waals surface area contributed by atoms with Gasteiger partial charge in [0, 0.05) is 24.5 Å². The van der Waals surface area contributed by atoms with E-state index in [0.29, 0.717) is 18.9 Å². The molecule has 2 aliphatic rings. The molecule has 29 heavy (non-hydrogen) atoms. The van der Waals surface area contributed by atoms with Crippen LogP contribution in [0.5, 0.6) is 0 Å². The Labute approximate surface area is 177 Å². The fourth-order valence-electron chi connectivity index (χ4n) is 4.65. The van der Waals surface area contributed by atoms with Gasteiger partial charge in [-0.2, -0.15) is 0 Å². The minimum absolute atomic E-state index is 0.0982. The maximum atomic E-state index is 13.1. The van der Waals surface area contributed by atoms with E-state index in [4.69, 9.17) is 0 Å². The quantitative estimate of drug-likeness (QED) is 0.718. The molecule has 0 N–H and O–H groups in total. The summed E-state index contributed by atoms with van der Waals surface area (Å²) in [6.07, 6.45) is 6.63. The van der Waals surface area contributed by atoms with E-state index < -0.39 is 0 Å². The zero-order chi connectivity index (χ0) is 20.1. The predicted molar refractivity (Wildman–Crippen MR) is 117 cm³/mol. The van der Waals surface area contributed by atoms with Crippen molar-refractivity contribution in [1.82, 2.24) is 9.80 Å². The van der Waals surface area contributed by atoms with Crippen LogP contribution in [-0.2, 0) is 22.4 Å². The molecule has 2 fully saturated rings. The van der Waals surface area contributed by atoms with Crippen LogP contribution in [0.15, 0.2) is 47.8 Å². The third kappa shape index (κ3) is 5.08. The summed E-state index contributed by atoms with van der Waals surface area (Å²) in [5.74, 6) is 0.962. The second-order valence-electron chi connectivity index (χ2n) is 8.29. The van der Waals surface area contributed by atoms with E-state index in [1.54, 1.807) is 11.3 Å². The van der Waals surface area contributed by atoms with Crippen molar-refractivity contribution in [3.05, 3.63) is 58.3 Å². The molecule has 0 spiro atoms. The molecule has 2 amide bonds. The standard InChI is InChI=1S/C24H30N2O2S/c27-23(18-21-8-5-17-29-21)26-14-4-9-22(26)24(28)25-15-12-20(13-16-25)11-10-19-6-2-1-3-7-19/h1-3,5-8,17,20,22H,4,9-16,18H2. The van der Waals surface area contributed by atoms with E-state index in [-0.39, 0.29) is 17.9 Å². The SMILES string of the molecule is O=C(C1CCCN1C(=O)Cc1cccs1)N1CCC(CCc2ccccc2)CC1. The Morgan fingerprint density at radius 1 is 0.966 bits per heavy atom. The molecular formula is C24H30N2O2S. The fraction of sp³-hybridized carbons (Fsp3) is 0.500. The average Bonchev–Trinajstić information content (AvgIpc) is 3.45. The highest BCUT2D eigenvalue weighted by Gasteiger charge is 2.37. The van der Waals surface area contributed by atoms with Crippen molar-refractivity contribution >= 4 is 23.2 Å². The number of aryl methyl sites for hydroxylation is 1. The zero-order valence-corrected chi connectivity index (χ0v) is 17.8. The van der Waals surface area contributed by atoms with Gasteiger partial charge in [-0.1, -0.05) is 36.4 Å². The number of carbonyl (C=O) groups is 2. The van der Waals surface area contributed by atoms with Crippen molar-refractivity contribution in [3.8, 4) is 0 Å². The molecule has 0 radical (unpaired) electrons. The predicted octanol–water partition coefficient (Wildman–Crippen LogP) is 4.15. The minimum Gasteiger partial charge on any atom is -0.341 e. The molecule has 3 heterocycles. The number of rotatable bonds is 6. The third-order valence-electron chi connectivity index (χ3n) is 6.37. The van der Waals surface area contributed by atoms with Crippen molar-refractivity contribution < 1.29 is 9.59 Å². The highest BCUT2D eigenvalue weighted by atomic mass is 32.1. The third-order valence-corrected chi connectivity index (χ3v) is 7.25. The van der Waals surface area contributed by atoms with Gasteiger partial charge >= 0.3 is 0 Å². The van der Waals surface area contributed by atoms with Crippen LogP contribution >= 0.6 is 11.3 Å². The van der Waals surface area contributed by atoms with E-state index in [9.17, 15) is 9.59 Å².